The van der Waals surface area contributed by atoms with Crippen LogP contribution in [-0.4, -0.2) is 41.3 Å². The summed E-state index contributed by atoms with van der Waals surface area (Å²) < 4.78 is 5.83. The molecule has 0 aromatic carbocycles. The molecule has 1 saturated heterocycles. The summed E-state index contributed by atoms with van der Waals surface area (Å²) in [5.74, 6) is 0.518. The van der Waals surface area contributed by atoms with Gasteiger partial charge in [0.2, 0.25) is 0 Å². The van der Waals surface area contributed by atoms with Crippen LogP contribution >= 0.6 is 0 Å². The molecular weight excluding hydrogens is 228 g/mol. The second-order valence-corrected chi connectivity index (χ2v) is 7.00. The van der Waals surface area contributed by atoms with Crippen LogP contribution < -0.4 is 5.32 Å². The Morgan fingerprint density at radius 2 is 1.89 bits per heavy atom. The van der Waals surface area contributed by atoms with Crippen molar-refractivity contribution in [2.24, 2.45) is 5.92 Å². The second kappa shape index (κ2) is 4.41. The van der Waals surface area contributed by atoms with E-state index in [0.717, 1.165) is 25.9 Å². The molecule has 0 aromatic rings. The Balaban J connectivity index is 1.74. The monoisotopic (exact) mass is 254 g/mol. The Hall–Kier alpha value is -0.770. The van der Waals surface area contributed by atoms with Crippen LogP contribution in [-0.2, 0) is 4.74 Å². The van der Waals surface area contributed by atoms with E-state index in [1.165, 1.54) is 0 Å². The van der Waals surface area contributed by atoms with E-state index in [1.807, 2.05) is 25.7 Å². The molecule has 0 unspecified atom stereocenters. The molecule has 0 aromatic heterocycles. The van der Waals surface area contributed by atoms with E-state index in [-0.39, 0.29) is 23.3 Å². The van der Waals surface area contributed by atoms with Crippen LogP contribution in [0.2, 0.25) is 0 Å². The summed E-state index contributed by atoms with van der Waals surface area (Å²) >= 11 is 0. The molecule has 0 spiro atoms. The Morgan fingerprint density at radius 1 is 1.33 bits per heavy atom. The van der Waals surface area contributed by atoms with E-state index in [4.69, 9.17) is 4.74 Å². The van der Waals surface area contributed by atoms with Crippen molar-refractivity contribution in [2.75, 3.05) is 13.1 Å². The largest absolute Gasteiger partial charge is 0.369 e. The molecule has 2 fully saturated rings. The maximum atomic E-state index is 12.1. The van der Waals surface area contributed by atoms with Gasteiger partial charge >= 0.3 is 6.03 Å². The van der Waals surface area contributed by atoms with Crippen molar-refractivity contribution in [2.45, 2.75) is 64.7 Å². The number of rotatable bonds is 3. The standard InChI is InChI=1S/C14H26N2O2/c1-10(2)14(6-7-14)15-12(17)16-8-11(9-16)18-13(3,4)5/h10-11H,6-9H2,1-5H3,(H,15,17). The number of likely N-dealkylation sites (tertiary alicyclic amines) is 1. The molecular formula is C14H26N2O2. The van der Waals surface area contributed by atoms with Gasteiger partial charge in [0.15, 0.2) is 0 Å². The van der Waals surface area contributed by atoms with Gasteiger partial charge in [-0.15, -0.1) is 0 Å². The summed E-state index contributed by atoms with van der Waals surface area (Å²) in [7, 11) is 0. The predicted molar refractivity (Wildman–Crippen MR) is 71.5 cm³/mol. The van der Waals surface area contributed by atoms with Crippen LogP contribution in [0.1, 0.15) is 47.5 Å². The van der Waals surface area contributed by atoms with Crippen LogP contribution in [0.25, 0.3) is 0 Å². The number of hydrogen-bond donors (Lipinski definition) is 1. The lowest BCUT2D eigenvalue weighted by Crippen LogP contribution is -2.61. The molecule has 1 saturated carbocycles. The number of nitrogens with one attached hydrogen (secondary N) is 1. The highest BCUT2D eigenvalue weighted by molar-refractivity contribution is 5.76. The fourth-order valence-corrected chi connectivity index (χ4v) is 2.45. The predicted octanol–water partition coefficient (Wildman–Crippen LogP) is 2.38. The summed E-state index contributed by atoms with van der Waals surface area (Å²) in [6, 6.07) is 0.0787. The first-order valence-electron chi connectivity index (χ1n) is 6.97. The van der Waals surface area contributed by atoms with Crippen molar-refractivity contribution >= 4 is 6.03 Å². The summed E-state index contributed by atoms with van der Waals surface area (Å²) in [5, 5.41) is 3.18. The Bertz CT molecular complexity index is 323. The van der Waals surface area contributed by atoms with Crippen molar-refractivity contribution in [1.82, 2.24) is 10.2 Å². The van der Waals surface area contributed by atoms with E-state index >= 15 is 0 Å². The number of amides is 2. The zero-order valence-electron chi connectivity index (χ0n) is 12.2. The maximum absolute atomic E-state index is 12.1. The first kappa shape index (κ1) is 13.7. The molecule has 4 heteroatoms. The lowest BCUT2D eigenvalue weighted by atomic mass is 10.0. The SMILES string of the molecule is CC(C)C1(NC(=O)N2CC(OC(C)(C)C)C2)CC1. The minimum absolute atomic E-state index is 0.0764. The van der Waals surface area contributed by atoms with Crippen LogP contribution in [0.5, 0.6) is 0 Å². The van der Waals surface area contributed by atoms with Gasteiger partial charge in [-0.05, 0) is 39.5 Å². The number of urea groups is 1. The molecule has 0 radical (unpaired) electrons. The van der Waals surface area contributed by atoms with Crippen molar-refractivity contribution in [3.05, 3.63) is 0 Å². The number of ether oxygens (including phenoxy) is 1. The Morgan fingerprint density at radius 3 is 2.28 bits per heavy atom. The lowest BCUT2D eigenvalue weighted by Gasteiger charge is -2.42. The quantitative estimate of drug-likeness (QED) is 0.840. The van der Waals surface area contributed by atoms with Gasteiger partial charge in [-0.1, -0.05) is 13.8 Å². The van der Waals surface area contributed by atoms with Gasteiger partial charge in [-0.3, -0.25) is 0 Å². The van der Waals surface area contributed by atoms with E-state index in [2.05, 4.69) is 19.2 Å². The highest BCUT2D eigenvalue weighted by Gasteiger charge is 2.48. The summed E-state index contributed by atoms with van der Waals surface area (Å²) in [6.45, 7) is 11.9. The van der Waals surface area contributed by atoms with Crippen molar-refractivity contribution in [3.8, 4) is 0 Å². The van der Waals surface area contributed by atoms with Gasteiger partial charge in [0.25, 0.3) is 0 Å². The second-order valence-electron chi connectivity index (χ2n) is 7.00. The van der Waals surface area contributed by atoms with Crippen molar-refractivity contribution in [1.29, 1.82) is 0 Å². The summed E-state index contributed by atoms with van der Waals surface area (Å²) in [6.07, 6.45) is 2.43. The molecule has 1 aliphatic carbocycles. The number of hydrogen-bond acceptors (Lipinski definition) is 2. The molecule has 0 bridgehead atoms. The van der Waals surface area contributed by atoms with Gasteiger partial charge in [0.1, 0.15) is 0 Å². The van der Waals surface area contributed by atoms with Gasteiger partial charge in [-0.25, -0.2) is 4.79 Å². The van der Waals surface area contributed by atoms with E-state index in [9.17, 15) is 4.79 Å². The Labute approximate surface area is 110 Å². The number of carbonyl (C=O) groups is 1. The van der Waals surface area contributed by atoms with Crippen LogP contribution in [0, 0.1) is 5.92 Å². The fourth-order valence-electron chi connectivity index (χ4n) is 2.45. The molecule has 1 N–H and O–H groups in total. The minimum atomic E-state index is -0.122. The highest BCUT2D eigenvalue weighted by atomic mass is 16.5. The van der Waals surface area contributed by atoms with Gasteiger partial charge in [0.05, 0.1) is 24.8 Å². The number of carbonyl (C=O) groups excluding carboxylic acids is 1. The molecule has 1 heterocycles. The lowest BCUT2D eigenvalue weighted by molar-refractivity contribution is -0.111. The topological polar surface area (TPSA) is 41.6 Å². The van der Waals surface area contributed by atoms with E-state index < -0.39 is 0 Å². The minimum Gasteiger partial charge on any atom is -0.369 e. The van der Waals surface area contributed by atoms with Gasteiger partial charge in [0, 0.05) is 5.54 Å². The Kier molecular flexibility index (Phi) is 3.34. The average Bonchev–Trinajstić information content (AvgIpc) is 2.89. The molecule has 18 heavy (non-hydrogen) atoms. The summed E-state index contributed by atoms with van der Waals surface area (Å²) in [5.41, 5.74) is -0.0457. The third kappa shape index (κ3) is 2.97. The first-order valence-corrected chi connectivity index (χ1v) is 6.97. The van der Waals surface area contributed by atoms with E-state index in [1.54, 1.807) is 0 Å². The molecule has 2 rings (SSSR count). The molecule has 2 aliphatic rings. The van der Waals surface area contributed by atoms with Crippen molar-refractivity contribution < 1.29 is 9.53 Å². The van der Waals surface area contributed by atoms with Crippen LogP contribution in [0.3, 0.4) is 0 Å². The molecule has 1 aliphatic heterocycles. The molecule has 0 atom stereocenters. The van der Waals surface area contributed by atoms with Crippen LogP contribution in [0.15, 0.2) is 0 Å². The normalized spacial score (nSPS) is 22.9. The third-order valence-electron chi connectivity index (χ3n) is 3.91. The van der Waals surface area contributed by atoms with Crippen LogP contribution in [0.4, 0.5) is 4.79 Å². The average molecular weight is 254 g/mol. The highest BCUT2D eigenvalue weighted by Crippen LogP contribution is 2.42. The van der Waals surface area contributed by atoms with Gasteiger partial charge < -0.3 is 15.0 Å². The number of nitrogens with zero attached hydrogens (tertiary/aromatic N) is 1. The van der Waals surface area contributed by atoms with Crippen molar-refractivity contribution in [3.63, 3.8) is 0 Å². The molecule has 104 valence electrons. The zero-order valence-corrected chi connectivity index (χ0v) is 12.2. The first-order chi connectivity index (χ1) is 8.22. The van der Waals surface area contributed by atoms with E-state index in [0.29, 0.717) is 5.92 Å². The molecule has 4 nitrogen and oxygen atoms in total. The third-order valence-corrected chi connectivity index (χ3v) is 3.91. The van der Waals surface area contributed by atoms with Gasteiger partial charge in [-0.2, -0.15) is 0 Å². The smallest absolute Gasteiger partial charge is 0.318 e. The fraction of sp³-hybridized carbons (Fsp3) is 0.929. The molecule has 2 amide bonds. The summed E-state index contributed by atoms with van der Waals surface area (Å²) in [4.78, 5) is 13.9. The maximum Gasteiger partial charge on any atom is 0.318 e. The zero-order chi connectivity index (χ0) is 13.6.